The van der Waals surface area contributed by atoms with E-state index in [4.69, 9.17) is 23.8 Å². The SMILES string of the molecule is O=C(O)C(F)(F)F.c1csc(COCC2CCC3C2OCCN3Cc2ccoc2)n1. The van der Waals surface area contributed by atoms with E-state index in [1.807, 2.05) is 23.9 Å². The minimum absolute atomic E-state index is 0.298. The van der Waals surface area contributed by atoms with E-state index in [2.05, 4.69) is 9.88 Å². The summed E-state index contributed by atoms with van der Waals surface area (Å²) in [6.07, 6.45) is 2.99. The number of carbonyl (C=O) groups is 1. The smallest absolute Gasteiger partial charge is 0.475 e. The molecule has 1 aliphatic heterocycles. The minimum atomic E-state index is -5.08. The van der Waals surface area contributed by atoms with Crippen LogP contribution in [0.25, 0.3) is 0 Å². The monoisotopic (exact) mass is 448 g/mol. The van der Waals surface area contributed by atoms with Crippen molar-refractivity contribution in [2.45, 2.75) is 44.3 Å². The lowest BCUT2D eigenvalue weighted by Gasteiger charge is -2.39. The van der Waals surface area contributed by atoms with Gasteiger partial charge in [-0.3, -0.25) is 4.90 Å². The molecule has 0 spiro atoms. The molecule has 3 heterocycles. The van der Waals surface area contributed by atoms with Crippen LogP contribution in [-0.2, 0) is 27.4 Å². The average molecular weight is 448 g/mol. The summed E-state index contributed by atoms with van der Waals surface area (Å²) >= 11 is 1.65. The fourth-order valence-corrected chi connectivity index (χ4v) is 4.30. The molecule has 7 nitrogen and oxygen atoms in total. The number of hydrogen-bond donors (Lipinski definition) is 1. The zero-order chi connectivity index (χ0) is 21.6. The van der Waals surface area contributed by atoms with E-state index in [0.29, 0.717) is 24.7 Å². The number of fused-ring (bicyclic) bond motifs is 1. The molecule has 3 unspecified atom stereocenters. The van der Waals surface area contributed by atoms with Crippen molar-refractivity contribution in [2.24, 2.45) is 5.92 Å². The number of rotatable bonds is 6. The van der Waals surface area contributed by atoms with Gasteiger partial charge in [0.15, 0.2) is 0 Å². The van der Waals surface area contributed by atoms with E-state index in [-0.39, 0.29) is 0 Å². The number of alkyl halides is 3. The minimum Gasteiger partial charge on any atom is -0.475 e. The number of aromatic nitrogens is 1. The second-order valence-electron chi connectivity index (χ2n) is 7.09. The molecule has 166 valence electrons. The van der Waals surface area contributed by atoms with Crippen LogP contribution in [0.1, 0.15) is 23.4 Å². The third-order valence-corrected chi connectivity index (χ3v) is 5.84. The van der Waals surface area contributed by atoms with Gasteiger partial charge < -0.3 is 19.0 Å². The summed E-state index contributed by atoms with van der Waals surface area (Å²) in [5.74, 6) is -2.26. The van der Waals surface area contributed by atoms with Crippen molar-refractivity contribution in [3.8, 4) is 0 Å². The van der Waals surface area contributed by atoms with Gasteiger partial charge in [-0.2, -0.15) is 13.2 Å². The number of hydrogen-bond acceptors (Lipinski definition) is 7. The van der Waals surface area contributed by atoms with Crippen molar-refractivity contribution in [1.82, 2.24) is 9.88 Å². The maximum atomic E-state index is 10.6. The molecule has 0 bridgehead atoms. The highest BCUT2D eigenvalue weighted by Crippen LogP contribution is 2.35. The van der Waals surface area contributed by atoms with Gasteiger partial charge in [0, 0.05) is 42.2 Å². The number of ether oxygens (including phenoxy) is 2. The average Bonchev–Trinajstić information content (AvgIpc) is 3.44. The molecular formula is C19H23F3N2O5S. The Bertz CT molecular complexity index is 770. The number of morpholine rings is 1. The predicted molar refractivity (Wildman–Crippen MR) is 101 cm³/mol. The normalized spacial score (nSPS) is 24.2. The molecule has 2 aromatic rings. The Morgan fingerprint density at radius 3 is 2.83 bits per heavy atom. The molecule has 11 heteroatoms. The van der Waals surface area contributed by atoms with Crippen molar-refractivity contribution in [2.75, 3.05) is 19.8 Å². The molecule has 0 amide bonds. The van der Waals surface area contributed by atoms with Crippen LogP contribution in [-0.4, -0.2) is 59.0 Å². The molecule has 3 atom stereocenters. The second kappa shape index (κ2) is 10.4. The molecule has 30 heavy (non-hydrogen) atoms. The summed E-state index contributed by atoms with van der Waals surface area (Å²) in [5.41, 5.74) is 1.24. The second-order valence-corrected chi connectivity index (χ2v) is 8.07. The van der Waals surface area contributed by atoms with Crippen LogP contribution < -0.4 is 0 Å². The molecule has 2 aromatic heterocycles. The summed E-state index contributed by atoms with van der Waals surface area (Å²) in [6.45, 7) is 4.14. The van der Waals surface area contributed by atoms with Crippen LogP contribution in [0.3, 0.4) is 0 Å². The number of nitrogens with zero attached hydrogens (tertiary/aromatic N) is 2. The topological polar surface area (TPSA) is 85.0 Å². The number of carboxylic acid groups (broad SMARTS) is 1. The molecule has 2 fully saturated rings. The highest BCUT2D eigenvalue weighted by molar-refractivity contribution is 7.09. The largest absolute Gasteiger partial charge is 0.490 e. The van der Waals surface area contributed by atoms with Crippen LogP contribution in [0.2, 0.25) is 0 Å². The molecular weight excluding hydrogens is 425 g/mol. The van der Waals surface area contributed by atoms with Gasteiger partial charge in [-0.25, -0.2) is 9.78 Å². The first kappa shape index (κ1) is 22.7. The maximum Gasteiger partial charge on any atom is 0.490 e. The van der Waals surface area contributed by atoms with Crippen molar-refractivity contribution < 1.29 is 37.0 Å². The van der Waals surface area contributed by atoms with Gasteiger partial charge in [0.25, 0.3) is 0 Å². The van der Waals surface area contributed by atoms with Crippen molar-refractivity contribution in [3.63, 3.8) is 0 Å². The number of furan rings is 1. The molecule has 0 aromatic carbocycles. The predicted octanol–water partition coefficient (Wildman–Crippen LogP) is 3.57. The van der Waals surface area contributed by atoms with Crippen molar-refractivity contribution >= 4 is 17.3 Å². The lowest BCUT2D eigenvalue weighted by molar-refractivity contribution is -0.192. The van der Waals surface area contributed by atoms with Gasteiger partial charge in [-0.1, -0.05) is 0 Å². The van der Waals surface area contributed by atoms with E-state index in [1.165, 1.54) is 18.4 Å². The summed E-state index contributed by atoms with van der Waals surface area (Å²) in [5, 5.41) is 10.2. The highest BCUT2D eigenvalue weighted by Gasteiger charge is 2.42. The van der Waals surface area contributed by atoms with Gasteiger partial charge in [0.2, 0.25) is 0 Å². The molecule has 1 saturated heterocycles. The number of aliphatic carboxylic acids is 1. The van der Waals surface area contributed by atoms with E-state index in [0.717, 1.165) is 31.3 Å². The summed E-state index contributed by atoms with van der Waals surface area (Å²) in [7, 11) is 0. The van der Waals surface area contributed by atoms with Crippen LogP contribution in [0, 0.1) is 5.92 Å². The number of halogens is 3. The Balaban J connectivity index is 0.000000318. The Kier molecular flexibility index (Phi) is 7.87. The van der Waals surface area contributed by atoms with E-state index < -0.39 is 12.1 Å². The summed E-state index contributed by atoms with van der Waals surface area (Å²) < 4.78 is 48.9. The molecule has 0 radical (unpaired) electrons. The van der Waals surface area contributed by atoms with E-state index >= 15 is 0 Å². The Morgan fingerprint density at radius 2 is 2.20 bits per heavy atom. The van der Waals surface area contributed by atoms with Gasteiger partial charge >= 0.3 is 12.1 Å². The first-order valence-electron chi connectivity index (χ1n) is 9.47. The Hall–Kier alpha value is -1.95. The number of carboxylic acids is 1. The maximum absolute atomic E-state index is 10.6. The molecule has 1 N–H and O–H groups in total. The summed E-state index contributed by atoms with van der Waals surface area (Å²) in [6, 6.07) is 2.56. The third kappa shape index (κ3) is 6.27. The van der Waals surface area contributed by atoms with Crippen LogP contribution in [0.4, 0.5) is 13.2 Å². The molecule has 2 aliphatic rings. The van der Waals surface area contributed by atoms with Crippen LogP contribution >= 0.6 is 11.3 Å². The lowest BCUT2D eigenvalue weighted by Crippen LogP contribution is -2.50. The first-order chi connectivity index (χ1) is 14.3. The van der Waals surface area contributed by atoms with Crippen LogP contribution in [0.15, 0.2) is 34.6 Å². The molecule has 4 rings (SSSR count). The van der Waals surface area contributed by atoms with E-state index in [1.54, 1.807) is 17.6 Å². The fourth-order valence-electron chi connectivity index (χ4n) is 3.75. The quantitative estimate of drug-likeness (QED) is 0.723. The lowest BCUT2D eigenvalue weighted by atomic mass is 10.0. The van der Waals surface area contributed by atoms with Gasteiger partial charge in [-0.15, -0.1) is 11.3 Å². The van der Waals surface area contributed by atoms with Crippen molar-refractivity contribution in [1.29, 1.82) is 0 Å². The third-order valence-electron chi connectivity index (χ3n) is 5.08. The standard InChI is InChI=1S/C17H22N2O3S.C2HF3O2/c1-2-15-17(14(1)11-21-12-16-18-4-8-23-16)22-7-5-19(15)9-13-3-6-20-10-13;3-2(4,5)1(6)7/h3-4,6,8,10,14-15,17H,1-2,5,7,9,11-12H2;(H,6,7). The van der Waals surface area contributed by atoms with Crippen molar-refractivity contribution in [3.05, 3.63) is 40.7 Å². The first-order valence-corrected chi connectivity index (χ1v) is 10.4. The Labute approximate surface area is 175 Å². The van der Waals surface area contributed by atoms with Crippen LogP contribution in [0.5, 0.6) is 0 Å². The Morgan fingerprint density at radius 1 is 1.40 bits per heavy atom. The molecule has 1 aliphatic carbocycles. The number of thiazole rings is 1. The zero-order valence-electron chi connectivity index (χ0n) is 16.1. The zero-order valence-corrected chi connectivity index (χ0v) is 16.9. The summed E-state index contributed by atoms with van der Waals surface area (Å²) in [4.78, 5) is 15.7. The van der Waals surface area contributed by atoms with Gasteiger partial charge in [-0.05, 0) is 18.9 Å². The highest BCUT2D eigenvalue weighted by atomic mass is 32.1. The van der Waals surface area contributed by atoms with Gasteiger partial charge in [0.05, 0.1) is 38.5 Å². The van der Waals surface area contributed by atoms with E-state index in [9.17, 15) is 13.2 Å². The molecule has 1 saturated carbocycles. The van der Waals surface area contributed by atoms with Gasteiger partial charge in [0.1, 0.15) is 5.01 Å². The fraction of sp³-hybridized carbons (Fsp3) is 0.579.